The number of carbonyl (C=O) groups is 1. The van der Waals surface area contributed by atoms with Crippen LogP contribution in [0.3, 0.4) is 0 Å². The van der Waals surface area contributed by atoms with Crippen LogP contribution in [-0.4, -0.2) is 110 Å². The number of aliphatic hydroxyl groups is 7. The van der Waals surface area contributed by atoms with Crippen molar-refractivity contribution in [1.29, 1.82) is 0 Å². The summed E-state index contributed by atoms with van der Waals surface area (Å²) in [5.74, 6) is -0.699. The lowest BCUT2D eigenvalue weighted by atomic mass is 9.98. The molecule has 0 saturated carbocycles. The average Bonchev–Trinajstić information content (AvgIpc) is 3.43. The van der Waals surface area contributed by atoms with Crippen LogP contribution in [0.1, 0.15) is 335 Å². The predicted octanol–water partition coefficient (Wildman–Crippen LogP) is 15.5. The van der Waals surface area contributed by atoms with E-state index in [2.05, 4.69) is 31.3 Å². The van der Waals surface area contributed by atoms with Crippen LogP contribution in [0.25, 0.3) is 0 Å². The first-order valence-corrected chi connectivity index (χ1v) is 33.6. The summed E-state index contributed by atoms with van der Waals surface area (Å²) >= 11 is 0. The summed E-state index contributed by atoms with van der Waals surface area (Å²) in [5.41, 5.74) is 0. The van der Waals surface area contributed by atoms with Gasteiger partial charge in [-0.25, -0.2) is 0 Å². The van der Waals surface area contributed by atoms with Crippen molar-refractivity contribution in [2.75, 3.05) is 13.2 Å². The largest absolute Gasteiger partial charge is 0.394 e. The maximum absolute atomic E-state index is 13.2. The van der Waals surface area contributed by atoms with E-state index >= 15 is 0 Å². The molecule has 0 aromatic carbocycles. The average molecular weight is 1100 g/mol. The van der Waals surface area contributed by atoms with Crippen molar-refractivity contribution >= 4 is 5.91 Å². The molecule has 1 amide bonds. The van der Waals surface area contributed by atoms with E-state index in [0.717, 1.165) is 32.1 Å². The SMILES string of the molecule is CCCCCCCCCCCCCCCCCCCCCCCCCCCC/C=C/CCCC(O)C(O)C(COC1OC(CO)C(O)C(O)C1O)NC(=O)C(O)CCCCCCCCCCCCCCCCCCCCC. The fraction of sp³-hybridized carbons (Fsp3) is 0.955. The third-order valence-corrected chi connectivity index (χ3v) is 16.6. The number of aliphatic hydroxyl groups excluding tert-OH is 7. The number of unbranched alkanes of at least 4 members (excludes halogenated alkanes) is 45. The summed E-state index contributed by atoms with van der Waals surface area (Å²) in [6.07, 6.45) is 55.8. The van der Waals surface area contributed by atoms with Crippen molar-refractivity contribution in [3.8, 4) is 0 Å². The molecule has 0 radical (unpaired) electrons. The Balaban J connectivity index is 2.21. The van der Waals surface area contributed by atoms with E-state index in [1.54, 1.807) is 0 Å². The van der Waals surface area contributed by atoms with Gasteiger partial charge in [-0.15, -0.1) is 0 Å². The molecule has 1 fully saturated rings. The maximum atomic E-state index is 13.2. The molecule has 0 aromatic heterocycles. The van der Waals surface area contributed by atoms with Gasteiger partial charge in [0.2, 0.25) is 5.91 Å². The Hall–Kier alpha value is -1.15. The summed E-state index contributed by atoms with van der Waals surface area (Å²) in [6.45, 7) is 3.50. The lowest BCUT2D eigenvalue weighted by molar-refractivity contribution is -0.303. The highest BCUT2D eigenvalue weighted by Gasteiger charge is 2.44. The van der Waals surface area contributed by atoms with Crippen LogP contribution in [0.2, 0.25) is 0 Å². The molecule has 0 spiro atoms. The van der Waals surface area contributed by atoms with Crippen LogP contribution >= 0.6 is 0 Å². The van der Waals surface area contributed by atoms with Gasteiger partial charge in [0.15, 0.2) is 6.29 Å². The molecule has 9 atom stereocenters. The van der Waals surface area contributed by atoms with Crippen LogP contribution in [-0.2, 0) is 14.3 Å². The van der Waals surface area contributed by atoms with Crippen LogP contribution in [0.5, 0.6) is 0 Å². The normalized spacial score (nSPS) is 19.5. The van der Waals surface area contributed by atoms with E-state index in [1.807, 2.05) is 0 Å². The van der Waals surface area contributed by atoms with Crippen molar-refractivity contribution in [1.82, 2.24) is 5.32 Å². The molecule has 0 aliphatic carbocycles. The molecule has 77 heavy (non-hydrogen) atoms. The first-order valence-electron chi connectivity index (χ1n) is 33.6. The molecular formula is C66H129NO10. The van der Waals surface area contributed by atoms with Gasteiger partial charge in [0.1, 0.15) is 36.6 Å². The lowest BCUT2D eigenvalue weighted by Crippen LogP contribution is -2.60. The molecule has 1 aliphatic rings. The molecule has 0 bridgehead atoms. The van der Waals surface area contributed by atoms with Gasteiger partial charge >= 0.3 is 0 Å². The summed E-state index contributed by atoms with van der Waals surface area (Å²) in [5, 5.41) is 76.3. The minimum Gasteiger partial charge on any atom is -0.394 e. The minimum absolute atomic E-state index is 0.260. The van der Waals surface area contributed by atoms with Crippen molar-refractivity contribution in [3.63, 3.8) is 0 Å². The number of allylic oxidation sites excluding steroid dienone is 2. The second-order valence-electron chi connectivity index (χ2n) is 23.9. The van der Waals surface area contributed by atoms with Crippen molar-refractivity contribution in [2.45, 2.75) is 390 Å². The molecule has 1 saturated heterocycles. The van der Waals surface area contributed by atoms with Crippen molar-refractivity contribution in [3.05, 3.63) is 12.2 Å². The predicted molar refractivity (Wildman–Crippen MR) is 321 cm³/mol. The second-order valence-corrected chi connectivity index (χ2v) is 23.9. The molecule has 9 unspecified atom stereocenters. The Morgan fingerprint density at radius 3 is 1.12 bits per heavy atom. The van der Waals surface area contributed by atoms with Crippen LogP contribution in [0, 0.1) is 0 Å². The van der Waals surface area contributed by atoms with Gasteiger partial charge in [-0.1, -0.05) is 309 Å². The topological polar surface area (TPSA) is 189 Å². The number of hydrogen-bond donors (Lipinski definition) is 8. The number of amides is 1. The zero-order valence-corrected chi connectivity index (χ0v) is 50.5. The summed E-state index contributed by atoms with van der Waals surface area (Å²) < 4.78 is 11.2. The molecule has 11 heteroatoms. The smallest absolute Gasteiger partial charge is 0.249 e. The highest BCUT2D eigenvalue weighted by molar-refractivity contribution is 5.80. The van der Waals surface area contributed by atoms with Gasteiger partial charge in [0, 0.05) is 0 Å². The number of carbonyl (C=O) groups excluding carboxylic acids is 1. The van der Waals surface area contributed by atoms with E-state index in [0.29, 0.717) is 12.8 Å². The Morgan fingerprint density at radius 1 is 0.442 bits per heavy atom. The molecule has 458 valence electrons. The zero-order chi connectivity index (χ0) is 56.1. The molecule has 1 heterocycles. The molecule has 8 N–H and O–H groups in total. The van der Waals surface area contributed by atoms with Crippen LogP contribution < -0.4 is 5.32 Å². The van der Waals surface area contributed by atoms with Gasteiger partial charge in [0.05, 0.1) is 25.4 Å². The number of ether oxygens (including phenoxy) is 2. The van der Waals surface area contributed by atoms with E-state index in [9.17, 15) is 40.5 Å². The highest BCUT2D eigenvalue weighted by Crippen LogP contribution is 2.24. The van der Waals surface area contributed by atoms with E-state index < -0.39 is 74.2 Å². The molecule has 11 nitrogen and oxygen atoms in total. The highest BCUT2D eigenvalue weighted by atomic mass is 16.7. The molecular weight excluding hydrogens is 967 g/mol. The fourth-order valence-electron chi connectivity index (χ4n) is 11.2. The third-order valence-electron chi connectivity index (χ3n) is 16.6. The first kappa shape index (κ1) is 73.9. The number of hydrogen-bond acceptors (Lipinski definition) is 10. The van der Waals surface area contributed by atoms with E-state index in [4.69, 9.17) is 9.47 Å². The quantitative estimate of drug-likeness (QED) is 0.0215. The maximum Gasteiger partial charge on any atom is 0.249 e. The van der Waals surface area contributed by atoms with Crippen molar-refractivity contribution < 1.29 is 50.0 Å². The first-order chi connectivity index (χ1) is 37.7. The summed E-state index contributed by atoms with van der Waals surface area (Å²) in [4.78, 5) is 13.2. The minimum atomic E-state index is -1.67. The monoisotopic (exact) mass is 1100 g/mol. The Bertz CT molecular complexity index is 1260. The standard InChI is InChI=1S/C66H129NO10/c1-3-5-7-9-11-13-15-17-19-21-23-24-25-26-27-28-29-30-31-32-33-34-36-37-39-41-43-45-47-49-51-53-58(69)61(71)57(56-76-66-64(74)63(73)62(72)60(55-68)77-66)67-65(75)59(70)54-52-50-48-46-44-42-40-38-35-22-20-18-16-14-12-10-8-6-4-2/h45,47,57-64,66,68-74H,3-44,46,48-56H2,1-2H3,(H,67,75)/b47-45+. The Kier molecular flexibility index (Phi) is 53.1. The van der Waals surface area contributed by atoms with Gasteiger partial charge in [-0.05, 0) is 38.5 Å². The van der Waals surface area contributed by atoms with Gasteiger partial charge in [-0.2, -0.15) is 0 Å². The third kappa shape index (κ3) is 43.2. The summed E-state index contributed by atoms with van der Waals surface area (Å²) in [6, 6.07) is -1.18. The fourth-order valence-corrected chi connectivity index (χ4v) is 11.2. The molecule has 1 rings (SSSR count). The zero-order valence-electron chi connectivity index (χ0n) is 50.5. The molecule has 0 aromatic rings. The van der Waals surface area contributed by atoms with E-state index in [1.165, 1.54) is 263 Å². The second kappa shape index (κ2) is 55.4. The van der Waals surface area contributed by atoms with Crippen LogP contribution in [0.4, 0.5) is 0 Å². The van der Waals surface area contributed by atoms with Crippen molar-refractivity contribution in [2.24, 2.45) is 0 Å². The number of nitrogens with one attached hydrogen (secondary N) is 1. The number of rotatable bonds is 59. The van der Waals surface area contributed by atoms with Gasteiger partial charge in [0.25, 0.3) is 0 Å². The summed E-state index contributed by atoms with van der Waals surface area (Å²) in [7, 11) is 0. The lowest BCUT2D eigenvalue weighted by Gasteiger charge is -2.40. The Morgan fingerprint density at radius 2 is 0.766 bits per heavy atom. The van der Waals surface area contributed by atoms with E-state index in [-0.39, 0.29) is 12.8 Å². The van der Waals surface area contributed by atoms with Gasteiger partial charge in [-0.3, -0.25) is 4.79 Å². The van der Waals surface area contributed by atoms with Gasteiger partial charge < -0.3 is 50.5 Å². The van der Waals surface area contributed by atoms with Crippen LogP contribution in [0.15, 0.2) is 12.2 Å². The Labute approximate surface area is 474 Å². The molecule has 1 aliphatic heterocycles.